The summed E-state index contributed by atoms with van der Waals surface area (Å²) in [6, 6.07) is 6.75. The summed E-state index contributed by atoms with van der Waals surface area (Å²) in [4.78, 5) is 2.39. The highest BCUT2D eigenvalue weighted by atomic mass is 79.9. The quantitative estimate of drug-likeness (QED) is 0.873. The molecule has 3 heterocycles. The fraction of sp³-hybridized carbons (Fsp3) is 0.429. The van der Waals surface area contributed by atoms with E-state index in [2.05, 4.69) is 68.9 Å². The Labute approximate surface area is 116 Å². The van der Waals surface area contributed by atoms with Crippen LogP contribution in [0.5, 0.6) is 0 Å². The fourth-order valence-corrected chi connectivity index (χ4v) is 3.35. The second kappa shape index (κ2) is 4.68. The van der Waals surface area contributed by atoms with Crippen molar-refractivity contribution in [1.29, 1.82) is 0 Å². The van der Waals surface area contributed by atoms with Crippen molar-refractivity contribution in [3.63, 3.8) is 0 Å². The second-order valence-electron chi connectivity index (χ2n) is 5.05. The molecule has 0 saturated carbocycles. The van der Waals surface area contributed by atoms with E-state index in [1.54, 1.807) is 0 Å². The lowest BCUT2D eigenvalue weighted by Gasteiger charge is -2.31. The highest BCUT2D eigenvalue weighted by Crippen LogP contribution is 2.32. The van der Waals surface area contributed by atoms with Gasteiger partial charge in [0.2, 0.25) is 0 Å². The largest absolute Gasteiger partial charge is 0.318 e. The minimum atomic E-state index is 0.407. The number of aromatic nitrogens is 1. The van der Waals surface area contributed by atoms with Gasteiger partial charge in [0.1, 0.15) is 0 Å². The van der Waals surface area contributed by atoms with Crippen LogP contribution in [0, 0.1) is 6.92 Å². The third-order valence-electron chi connectivity index (χ3n) is 3.77. The third-order valence-corrected chi connectivity index (χ3v) is 4.77. The van der Waals surface area contributed by atoms with Gasteiger partial charge < -0.3 is 14.6 Å². The lowest BCUT2D eigenvalue weighted by molar-refractivity contribution is 0.237. The zero-order chi connectivity index (χ0) is 12.7. The maximum Gasteiger partial charge on any atom is 0.0611 e. The van der Waals surface area contributed by atoms with E-state index in [1.165, 1.54) is 21.2 Å². The van der Waals surface area contributed by atoms with E-state index in [4.69, 9.17) is 0 Å². The maximum absolute atomic E-state index is 3.72. The number of likely N-dealkylation sites (N-methyl/N-ethyl adjacent to an activating group) is 1. The van der Waals surface area contributed by atoms with E-state index >= 15 is 0 Å². The van der Waals surface area contributed by atoms with Crippen LogP contribution in [0.3, 0.4) is 0 Å². The van der Waals surface area contributed by atoms with E-state index < -0.39 is 0 Å². The van der Waals surface area contributed by atoms with Crippen LogP contribution in [-0.4, -0.2) is 36.0 Å². The molecule has 1 aliphatic heterocycles. The van der Waals surface area contributed by atoms with Gasteiger partial charge in [0.25, 0.3) is 0 Å². The Morgan fingerprint density at radius 1 is 1.39 bits per heavy atom. The number of halogens is 1. The first-order valence-electron chi connectivity index (χ1n) is 6.35. The van der Waals surface area contributed by atoms with Crippen LogP contribution in [0.1, 0.15) is 17.3 Å². The molecule has 1 unspecified atom stereocenters. The van der Waals surface area contributed by atoms with Gasteiger partial charge in [-0.3, -0.25) is 0 Å². The van der Waals surface area contributed by atoms with Crippen molar-refractivity contribution in [2.45, 2.75) is 13.0 Å². The summed E-state index contributed by atoms with van der Waals surface area (Å²) in [5, 5.41) is 3.63. The lowest BCUT2D eigenvalue weighted by atomic mass is 10.1. The Morgan fingerprint density at radius 3 is 3.00 bits per heavy atom. The summed E-state index contributed by atoms with van der Waals surface area (Å²) >= 11 is 3.72. The molecule has 1 N–H and O–H groups in total. The van der Waals surface area contributed by atoms with E-state index in [1.807, 2.05) is 0 Å². The van der Waals surface area contributed by atoms with Crippen molar-refractivity contribution in [1.82, 2.24) is 14.6 Å². The van der Waals surface area contributed by atoms with Gasteiger partial charge in [-0.2, -0.15) is 0 Å². The summed E-state index contributed by atoms with van der Waals surface area (Å²) in [6.45, 7) is 5.44. The first kappa shape index (κ1) is 12.2. The molecule has 0 radical (unpaired) electrons. The van der Waals surface area contributed by atoms with Gasteiger partial charge in [0.05, 0.1) is 11.6 Å². The van der Waals surface area contributed by atoms with Crippen LogP contribution in [0.25, 0.3) is 5.52 Å². The van der Waals surface area contributed by atoms with E-state index in [0.717, 1.165) is 19.6 Å². The van der Waals surface area contributed by atoms with Crippen molar-refractivity contribution < 1.29 is 0 Å². The average Bonchev–Trinajstić information content (AvgIpc) is 2.63. The van der Waals surface area contributed by atoms with Crippen molar-refractivity contribution in [2.24, 2.45) is 0 Å². The lowest BCUT2D eigenvalue weighted by Crippen LogP contribution is -2.44. The number of nitrogens with zero attached hydrogens (tertiary/aromatic N) is 2. The van der Waals surface area contributed by atoms with Crippen LogP contribution in [0.15, 0.2) is 28.9 Å². The number of piperazine rings is 1. The monoisotopic (exact) mass is 307 g/mol. The minimum absolute atomic E-state index is 0.407. The molecule has 3 nitrogen and oxygen atoms in total. The van der Waals surface area contributed by atoms with Crippen LogP contribution in [-0.2, 0) is 0 Å². The van der Waals surface area contributed by atoms with Gasteiger partial charge in [-0.15, -0.1) is 0 Å². The zero-order valence-corrected chi connectivity index (χ0v) is 12.4. The van der Waals surface area contributed by atoms with Crippen LogP contribution < -0.4 is 5.32 Å². The SMILES string of the molecule is Cc1c(Br)c2ccccn2c1C1CN(C)CCN1. The standard InChI is InChI=1S/C14H18BrN3/c1-10-13(15)12-5-3-4-7-18(12)14(10)11-9-17(2)8-6-16-11/h3-5,7,11,16H,6,8-9H2,1-2H3. The Morgan fingerprint density at radius 2 is 2.22 bits per heavy atom. The Bertz CT molecular complexity index is 576. The van der Waals surface area contributed by atoms with Crippen molar-refractivity contribution in [2.75, 3.05) is 26.7 Å². The molecule has 1 aliphatic rings. The van der Waals surface area contributed by atoms with Gasteiger partial charge in [-0.05, 0) is 47.6 Å². The molecule has 0 amide bonds. The Kier molecular flexibility index (Phi) is 3.18. The third kappa shape index (κ3) is 1.88. The predicted octanol–water partition coefficient (Wildman–Crippen LogP) is 2.59. The molecule has 1 fully saturated rings. The van der Waals surface area contributed by atoms with E-state index in [9.17, 15) is 0 Å². The van der Waals surface area contributed by atoms with Gasteiger partial charge >= 0.3 is 0 Å². The predicted molar refractivity (Wildman–Crippen MR) is 78.1 cm³/mol. The van der Waals surface area contributed by atoms with E-state index in [-0.39, 0.29) is 0 Å². The highest BCUT2D eigenvalue weighted by Gasteiger charge is 2.24. The fourth-order valence-electron chi connectivity index (χ4n) is 2.83. The number of hydrogen-bond acceptors (Lipinski definition) is 2. The topological polar surface area (TPSA) is 19.7 Å². The molecule has 2 aromatic rings. The second-order valence-corrected chi connectivity index (χ2v) is 5.84. The van der Waals surface area contributed by atoms with Crippen LogP contribution >= 0.6 is 15.9 Å². The number of pyridine rings is 1. The molecule has 1 atom stereocenters. The van der Waals surface area contributed by atoms with Gasteiger partial charge in [0, 0.05) is 36.0 Å². The number of fused-ring (bicyclic) bond motifs is 1. The zero-order valence-electron chi connectivity index (χ0n) is 10.8. The average molecular weight is 308 g/mol. The van der Waals surface area contributed by atoms with Gasteiger partial charge in [-0.25, -0.2) is 0 Å². The summed E-state index contributed by atoms with van der Waals surface area (Å²) in [5.74, 6) is 0. The Hall–Kier alpha value is -0.840. The Balaban J connectivity index is 2.13. The van der Waals surface area contributed by atoms with Crippen molar-refractivity contribution in [3.05, 3.63) is 40.1 Å². The highest BCUT2D eigenvalue weighted by molar-refractivity contribution is 9.10. The van der Waals surface area contributed by atoms with Crippen LogP contribution in [0.4, 0.5) is 0 Å². The van der Waals surface area contributed by atoms with Gasteiger partial charge in [-0.1, -0.05) is 6.07 Å². The first-order valence-corrected chi connectivity index (χ1v) is 7.14. The van der Waals surface area contributed by atoms with Crippen molar-refractivity contribution >= 4 is 21.4 Å². The summed E-state index contributed by atoms with van der Waals surface area (Å²) in [7, 11) is 2.19. The number of nitrogens with one attached hydrogen (secondary N) is 1. The molecule has 0 bridgehead atoms. The minimum Gasteiger partial charge on any atom is -0.318 e. The molecule has 0 aliphatic carbocycles. The number of hydrogen-bond donors (Lipinski definition) is 1. The molecule has 0 spiro atoms. The molecule has 3 rings (SSSR count). The van der Waals surface area contributed by atoms with Gasteiger partial charge in [0.15, 0.2) is 0 Å². The van der Waals surface area contributed by atoms with E-state index in [0.29, 0.717) is 6.04 Å². The maximum atomic E-state index is 3.72. The number of rotatable bonds is 1. The summed E-state index contributed by atoms with van der Waals surface area (Å²) in [5.41, 5.74) is 3.97. The summed E-state index contributed by atoms with van der Waals surface area (Å²) in [6.07, 6.45) is 2.15. The van der Waals surface area contributed by atoms with Crippen molar-refractivity contribution in [3.8, 4) is 0 Å². The molecular formula is C14H18BrN3. The first-order chi connectivity index (χ1) is 8.68. The molecule has 1 saturated heterocycles. The molecule has 4 heteroatoms. The molecular weight excluding hydrogens is 290 g/mol. The molecule has 18 heavy (non-hydrogen) atoms. The summed E-state index contributed by atoms with van der Waals surface area (Å²) < 4.78 is 3.52. The smallest absolute Gasteiger partial charge is 0.0611 e. The molecule has 2 aromatic heterocycles. The molecule has 96 valence electrons. The normalized spacial score (nSPS) is 21.6. The van der Waals surface area contributed by atoms with Crippen LogP contribution in [0.2, 0.25) is 0 Å². The molecule has 0 aromatic carbocycles.